The average molecular weight is 283 g/mol. The van der Waals surface area contributed by atoms with Gasteiger partial charge in [-0.3, -0.25) is 9.59 Å². The van der Waals surface area contributed by atoms with Gasteiger partial charge in [-0.2, -0.15) is 0 Å². The molecule has 0 atom stereocenters. The highest BCUT2D eigenvalue weighted by Crippen LogP contribution is 2.13. The first-order chi connectivity index (χ1) is 10.0. The van der Waals surface area contributed by atoms with Crippen LogP contribution in [0.15, 0.2) is 54.6 Å². The highest BCUT2D eigenvalue weighted by molar-refractivity contribution is 6.09. The Labute approximate surface area is 126 Å². The fourth-order valence-corrected chi connectivity index (χ4v) is 1.64. The minimum Gasteiger partial charge on any atom is -0.378 e. The Kier molecular flexibility index (Phi) is 6.88. The minimum absolute atomic E-state index is 0.0969. The summed E-state index contributed by atoms with van der Waals surface area (Å²) in [5.74, 6) is -0.382. The van der Waals surface area contributed by atoms with Gasteiger partial charge in [0.15, 0.2) is 11.6 Å². The van der Waals surface area contributed by atoms with Crippen LogP contribution < -0.4 is 4.90 Å². The molecule has 3 nitrogen and oxygen atoms in total. The first-order valence-electron chi connectivity index (χ1n) is 6.83. The monoisotopic (exact) mass is 283 g/mol. The van der Waals surface area contributed by atoms with E-state index in [4.69, 9.17) is 0 Å². The van der Waals surface area contributed by atoms with E-state index in [1.807, 2.05) is 56.3 Å². The molecule has 21 heavy (non-hydrogen) atoms. The van der Waals surface area contributed by atoms with Crippen LogP contribution in [0.5, 0.6) is 0 Å². The molecule has 0 fully saturated rings. The lowest BCUT2D eigenvalue weighted by Crippen LogP contribution is -2.07. The predicted molar refractivity (Wildman–Crippen MR) is 88.4 cm³/mol. The van der Waals surface area contributed by atoms with Crippen LogP contribution in [-0.2, 0) is 9.59 Å². The molecule has 0 aromatic heterocycles. The van der Waals surface area contributed by atoms with E-state index in [2.05, 4.69) is 0 Å². The Morgan fingerprint density at radius 2 is 1.62 bits per heavy atom. The van der Waals surface area contributed by atoms with E-state index in [1.54, 1.807) is 18.2 Å². The molecular formula is C18H21NO2. The van der Waals surface area contributed by atoms with E-state index >= 15 is 0 Å². The highest BCUT2D eigenvalue weighted by atomic mass is 16.1. The maximum absolute atomic E-state index is 11.7. The number of hydrogen-bond acceptors (Lipinski definition) is 3. The molecule has 0 spiro atoms. The van der Waals surface area contributed by atoms with Gasteiger partial charge in [0.2, 0.25) is 0 Å². The van der Waals surface area contributed by atoms with Crippen molar-refractivity contribution >= 4 is 23.3 Å². The summed E-state index contributed by atoms with van der Waals surface area (Å²) >= 11 is 0. The van der Waals surface area contributed by atoms with Crippen molar-refractivity contribution in [1.29, 1.82) is 0 Å². The van der Waals surface area contributed by atoms with Crippen LogP contribution in [0.4, 0.5) is 5.69 Å². The lowest BCUT2D eigenvalue weighted by Gasteiger charge is -2.11. The van der Waals surface area contributed by atoms with E-state index < -0.39 is 0 Å². The molecule has 0 unspecified atom stereocenters. The molecule has 0 bridgehead atoms. The van der Waals surface area contributed by atoms with Crippen LogP contribution in [0.2, 0.25) is 0 Å². The highest BCUT2D eigenvalue weighted by Gasteiger charge is 2.03. The summed E-state index contributed by atoms with van der Waals surface area (Å²) in [6.45, 7) is 1.87. The van der Waals surface area contributed by atoms with Crippen molar-refractivity contribution in [1.82, 2.24) is 0 Å². The molecular weight excluding hydrogens is 262 g/mol. The Hall–Kier alpha value is -2.42. The molecule has 0 aliphatic rings. The second kappa shape index (κ2) is 8.69. The van der Waals surface area contributed by atoms with E-state index in [0.717, 1.165) is 11.3 Å². The van der Waals surface area contributed by atoms with Crippen LogP contribution in [0, 0.1) is 0 Å². The second-order valence-corrected chi connectivity index (χ2v) is 4.81. The van der Waals surface area contributed by atoms with Crippen LogP contribution in [0.3, 0.4) is 0 Å². The van der Waals surface area contributed by atoms with Crippen LogP contribution in [0.25, 0.3) is 6.08 Å². The molecule has 110 valence electrons. The summed E-state index contributed by atoms with van der Waals surface area (Å²) < 4.78 is 0. The SMILES string of the molecule is CC=C/C=C\C(=O)CC(=O)/C=C/c1ccc(N(C)C)cc1. The lowest BCUT2D eigenvalue weighted by molar-refractivity contribution is -0.121. The molecule has 1 rings (SSSR count). The standard InChI is InChI=1S/C18H21NO2/c1-4-5-6-7-17(20)14-18(21)13-10-15-8-11-16(12-9-15)19(2)3/h4-13H,14H2,1-3H3/b5-4?,7-6-,13-10+. The summed E-state index contributed by atoms with van der Waals surface area (Å²) in [5.41, 5.74) is 2.04. The second-order valence-electron chi connectivity index (χ2n) is 4.81. The van der Waals surface area contributed by atoms with Crippen molar-refractivity contribution < 1.29 is 9.59 Å². The molecule has 1 aromatic rings. The van der Waals surface area contributed by atoms with Crippen molar-refractivity contribution in [3.8, 4) is 0 Å². The number of benzene rings is 1. The molecule has 0 amide bonds. The van der Waals surface area contributed by atoms with Crippen LogP contribution in [0.1, 0.15) is 18.9 Å². The molecule has 0 aliphatic heterocycles. The molecule has 1 aromatic carbocycles. The van der Waals surface area contributed by atoms with Gasteiger partial charge in [0.25, 0.3) is 0 Å². The summed E-state index contributed by atoms with van der Waals surface area (Å²) in [7, 11) is 3.95. The minimum atomic E-state index is -0.193. The van der Waals surface area contributed by atoms with Gasteiger partial charge in [-0.25, -0.2) is 0 Å². The van der Waals surface area contributed by atoms with Crippen molar-refractivity contribution in [2.24, 2.45) is 0 Å². The fourth-order valence-electron chi connectivity index (χ4n) is 1.64. The van der Waals surface area contributed by atoms with Crippen molar-refractivity contribution in [2.75, 3.05) is 19.0 Å². The number of hydrogen-bond donors (Lipinski definition) is 0. The van der Waals surface area contributed by atoms with Gasteiger partial charge in [0, 0.05) is 19.8 Å². The van der Waals surface area contributed by atoms with E-state index in [9.17, 15) is 9.59 Å². The normalized spacial score (nSPS) is 11.6. The third-order valence-corrected chi connectivity index (χ3v) is 2.81. The maximum Gasteiger partial charge on any atom is 0.163 e. The third kappa shape index (κ3) is 6.52. The number of rotatable bonds is 7. The van der Waals surface area contributed by atoms with Gasteiger partial charge >= 0.3 is 0 Å². The zero-order chi connectivity index (χ0) is 15.7. The first-order valence-corrected chi connectivity index (χ1v) is 6.83. The fraction of sp³-hybridized carbons (Fsp3) is 0.222. The van der Waals surface area contributed by atoms with E-state index in [-0.39, 0.29) is 18.0 Å². The number of carbonyl (C=O) groups excluding carboxylic acids is 2. The molecule has 0 saturated heterocycles. The predicted octanol–water partition coefficient (Wildman–Crippen LogP) is 3.43. The molecule has 0 heterocycles. The van der Waals surface area contributed by atoms with Crippen molar-refractivity contribution in [3.63, 3.8) is 0 Å². The summed E-state index contributed by atoms with van der Waals surface area (Å²) in [6.07, 6.45) is 9.71. The lowest BCUT2D eigenvalue weighted by atomic mass is 10.1. The zero-order valence-corrected chi connectivity index (χ0v) is 12.7. The van der Waals surface area contributed by atoms with Gasteiger partial charge < -0.3 is 4.90 Å². The molecule has 3 heteroatoms. The van der Waals surface area contributed by atoms with Gasteiger partial charge in [0.05, 0.1) is 6.42 Å². The number of allylic oxidation sites excluding steroid dienone is 5. The van der Waals surface area contributed by atoms with E-state index in [1.165, 1.54) is 12.2 Å². The quantitative estimate of drug-likeness (QED) is 0.437. The number of anilines is 1. The van der Waals surface area contributed by atoms with Crippen molar-refractivity contribution in [2.45, 2.75) is 13.3 Å². The Morgan fingerprint density at radius 3 is 2.19 bits per heavy atom. The largest absolute Gasteiger partial charge is 0.378 e. The topological polar surface area (TPSA) is 37.4 Å². The van der Waals surface area contributed by atoms with Crippen molar-refractivity contribution in [3.05, 3.63) is 60.2 Å². The number of carbonyl (C=O) groups is 2. The summed E-state index contributed by atoms with van der Waals surface area (Å²) in [4.78, 5) is 25.2. The average Bonchev–Trinajstić information content (AvgIpc) is 2.46. The number of ketones is 2. The molecule has 0 N–H and O–H groups in total. The van der Waals surface area contributed by atoms with Crippen LogP contribution in [-0.4, -0.2) is 25.7 Å². The van der Waals surface area contributed by atoms with Gasteiger partial charge in [-0.15, -0.1) is 0 Å². The van der Waals surface area contributed by atoms with Crippen LogP contribution >= 0.6 is 0 Å². The van der Waals surface area contributed by atoms with Gasteiger partial charge in [-0.05, 0) is 36.8 Å². The maximum atomic E-state index is 11.7. The molecule has 0 saturated carbocycles. The van der Waals surface area contributed by atoms with E-state index in [0.29, 0.717) is 0 Å². The number of nitrogens with zero attached hydrogens (tertiary/aromatic N) is 1. The molecule has 0 radical (unpaired) electrons. The zero-order valence-electron chi connectivity index (χ0n) is 12.7. The Morgan fingerprint density at radius 1 is 1.00 bits per heavy atom. The smallest absolute Gasteiger partial charge is 0.163 e. The first kappa shape index (κ1) is 16.6. The summed E-state index contributed by atoms with van der Waals surface area (Å²) in [5, 5.41) is 0. The molecule has 0 aliphatic carbocycles. The summed E-state index contributed by atoms with van der Waals surface area (Å²) in [6, 6.07) is 7.84. The Balaban J connectivity index is 2.55. The van der Waals surface area contributed by atoms with Gasteiger partial charge in [-0.1, -0.05) is 36.4 Å². The van der Waals surface area contributed by atoms with Gasteiger partial charge in [0.1, 0.15) is 0 Å². The Bertz CT molecular complexity index is 563. The third-order valence-electron chi connectivity index (χ3n) is 2.81.